The Labute approximate surface area is 184 Å². The van der Waals surface area contributed by atoms with Crippen LogP contribution in [-0.4, -0.2) is 45.5 Å². The second-order valence-corrected chi connectivity index (χ2v) is 10.7. The molecule has 1 saturated carbocycles. The second kappa shape index (κ2) is 8.27. The quantitative estimate of drug-likeness (QED) is 0.592. The van der Waals surface area contributed by atoms with E-state index in [2.05, 4.69) is 25.6 Å². The van der Waals surface area contributed by atoms with Crippen LogP contribution in [0.4, 0.5) is 26.4 Å². The molecule has 0 unspecified atom stereocenters. The van der Waals surface area contributed by atoms with Crippen LogP contribution in [0.1, 0.15) is 44.6 Å². The average Bonchev–Trinajstić information content (AvgIpc) is 3.38. The molecule has 32 heavy (non-hydrogen) atoms. The van der Waals surface area contributed by atoms with Crippen LogP contribution in [0.25, 0.3) is 11.2 Å². The Morgan fingerprint density at radius 1 is 1.00 bits per heavy atom. The summed E-state index contributed by atoms with van der Waals surface area (Å²) in [6.07, 6.45) is 6.77. The Morgan fingerprint density at radius 3 is 2.38 bits per heavy atom. The van der Waals surface area contributed by atoms with Gasteiger partial charge in [0, 0.05) is 12.1 Å². The number of halogens is 2. The van der Waals surface area contributed by atoms with Gasteiger partial charge in [-0.3, -0.25) is 4.57 Å². The fraction of sp³-hybridized carbons (Fsp3) is 0.476. The molecule has 1 aliphatic carbocycles. The largest absolute Gasteiger partial charge is 0.351 e. The molecule has 0 amide bonds. The summed E-state index contributed by atoms with van der Waals surface area (Å²) in [4.78, 5) is 13.5. The number of anilines is 3. The predicted molar refractivity (Wildman–Crippen MR) is 118 cm³/mol. The zero-order chi connectivity index (χ0) is 22.3. The third kappa shape index (κ3) is 4.13. The van der Waals surface area contributed by atoms with Crippen LogP contribution in [0.2, 0.25) is 0 Å². The minimum atomic E-state index is -3.09. The van der Waals surface area contributed by atoms with E-state index in [0.29, 0.717) is 36.0 Å². The number of para-hydroxylation sites is 1. The van der Waals surface area contributed by atoms with Crippen LogP contribution < -0.4 is 10.6 Å². The van der Waals surface area contributed by atoms with Crippen molar-refractivity contribution in [1.82, 2.24) is 19.5 Å². The zero-order valence-electron chi connectivity index (χ0n) is 17.4. The highest BCUT2D eigenvalue weighted by Gasteiger charge is 2.29. The van der Waals surface area contributed by atoms with Gasteiger partial charge in [0.15, 0.2) is 5.65 Å². The van der Waals surface area contributed by atoms with Crippen molar-refractivity contribution < 1.29 is 17.2 Å². The molecule has 170 valence electrons. The second-order valence-electron chi connectivity index (χ2n) is 8.44. The maximum absolute atomic E-state index is 14.3. The third-order valence-corrected chi connectivity index (χ3v) is 7.93. The first-order valence-electron chi connectivity index (χ1n) is 10.8. The highest BCUT2D eigenvalue weighted by atomic mass is 32.2. The van der Waals surface area contributed by atoms with E-state index in [0.717, 1.165) is 37.8 Å². The van der Waals surface area contributed by atoms with E-state index in [1.807, 2.05) is 0 Å². The molecule has 3 aromatic rings. The number of benzene rings is 1. The summed E-state index contributed by atoms with van der Waals surface area (Å²) in [5.74, 6) is -0.723. The monoisotopic (exact) mass is 462 g/mol. The summed E-state index contributed by atoms with van der Waals surface area (Å²) in [5.41, 5.74) is 0.656. The summed E-state index contributed by atoms with van der Waals surface area (Å²) in [6.45, 7) is 0. The number of rotatable bonds is 5. The minimum Gasteiger partial charge on any atom is -0.351 e. The first kappa shape index (κ1) is 21.0. The lowest BCUT2D eigenvalue weighted by atomic mass is 10.1. The van der Waals surface area contributed by atoms with Crippen LogP contribution in [0.5, 0.6) is 0 Å². The van der Waals surface area contributed by atoms with E-state index in [9.17, 15) is 17.2 Å². The van der Waals surface area contributed by atoms with Crippen molar-refractivity contribution in [3.05, 3.63) is 36.0 Å². The Kier molecular flexibility index (Phi) is 5.44. The summed E-state index contributed by atoms with van der Waals surface area (Å²) in [7, 11) is -3.09. The van der Waals surface area contributed by atoms with Crippen molar-refractivity contribution in [3.8, 4) is 0 Å². The van der Waals surface area contributed by atoms with Crippen LogP contribution in [-0.2, 0) is 9.84 Å². The van der Waals surface area contributed by atoms with Gasteiger partial charge in [0.1, 0.15) is 32.7 Å². The van der Waals surface area contributed by atoms with E-state index >= 15 is 0 Å². The van der Waals surface area contributed by atoms with Gasteiger partial charge in [-0.25, -0.2) is 27.2 Å². The molecule has 1 aromatic carbocycles. The van der Waals surface area contributed by atoms with Gasteiger partial charge in [0.2, 0.25) is 11.9 Å². The Morgan fingerprint density at radius 2 is 1.69 bits per heavy atom. The summed E-state index contributed by atoms with van der Waals surface area (Å²) < 4.78 is 54.3. The van der Waals surface area contributed by atoms with E-state index in [-0.39, 0.29) is 29.2 Å². The van der Waals surface area contributed by atoms with Crippen LogP contribution in [0, 0.1) is 11.6 Å². The number of imidazole rings is 1. The molecule has 0 radical (unpaired) electrons. The topological polar surface area (TPSA) is 102 Å². The number of hydrogen-bond acceptors (Lipinski definition) is 7. The standard InChI is InChI=1S/C21H24F2N6O2S/c22-15-6-3-7-16(23)18(15)27-21-26-17-12-24-20(25-13-4-1-2-5-13)28-19(17)29(21)14-8-10-32(30,31)11-9-14/h3,6-7,12-14H,1-2,4-5,8-11H2,(H,26,27)(H,24,25,28). The minimum absolute atomic E-state index is 0.0447. The van der Waals surface area contributed by atoms with Crippen LogP contribution >= 0.6 is 0 Å². The van der Waals surface area contributed by atoms with Crippen molar-refractivity contribution >= 4 is 38.6 Å². The maximum Gasteiger partial charge on any atom is 0.224 e. The molecule has 0 atom stereocenters. The normalized spacial score (nSPS) is 19.4. The molecule has 1 aliphatic heterocycles. The molecular formula is C21H24F2N6O2S. The molecule has 8 nitrogen and oxygen atoms in total. The molecule has 3 heterocycles. The molecule has 11 heteroatoms. The molecule has 0 spiro atoms. The van der Waals surface area contributed by atoms with Gasteiger partial charge in [-0.1, -0.05) is 18.9 Å². The smallest absolute Gasteiger partial charge is 0.224 e. The lowest BCUT2D eigenvalue weighted by Gasteiger charge is -2.25. The number of nitrogens with one attached hydrogen (secondary N) is 2. The molecule has 2 aromatic heterocycles. The van der Waals surface area contributed by atoms with Gasteiger partial charge >= 0.3 is 0 Å². The number of hydrogen-bond donors (Lipinski definition) is 2. The van der Waals surface area contributed by atoms with Crippen molar-refractivity contribution in [2.75, 3.05) is 22.1 Å². The molecule has 5 rings (SSSR count). The molecule has 0 bridgehead atoms. The number of sulfone groups is 1. The summed E-state index contributed by atoms with van der Waals surface area (Å²) in [5, 5.41) is 6.13. The predicted octanol–water partition coefficient (Wildman–Crippen LogP) is 3.95. The van der Waals surface area contributed by atoms with E-state index in [1.54, 1.807) is 10.8 Å². The van der Waals surface area contributed by atoms with Crippen molar-refractivity contribution in [2.24, 2.45) is 0 Å². The van der Waals surface area contributed by atoms with Gasteiger partial charge in [0.05, 0.1) is 17.7 Å². The fourth-order valence-corrected chi connectivity index (χ4v) is 5.98. The fourth-order valence-electron chi connectivity index (χ4n) is 4.51. The van der Waals surface area contributed by atoms with Gasteiger partial charge in [-0.05, 0) is 37.8 Å². The molecular weight excluding hydrogens is 438 g/mol. The lowest BCUT2D eigenvalue weighted by Crippen LogP contribution is -2.26. The maximum atomic E-state index is 14.3. The van der Waals surface area contributed by atoms with E-state index in [4.69, 9.17) is 0 Å². The van der Waals surface area contributed by atoms with E-state index < -0.39 is 21.5 Å². The van der Waals surface area contributed by atoms with Crippen molar-refractivity contribution in [2.45, 2.75) is 50.6 Å². The van der Waals surface area contributed by atoms with Gasteiger partial charge < -0.3 is 10.6 Å². The highest BCUT2D eigenvalue weighted by Crippen LogP contribution is 2.33. The Balaban J connectivity index is 1.56. The van der Waals surface area contributed by atoms with Gasteiger partial charge in [-0.15, -0.1) is 0 Å². The molecule has 2 aliphatic rings. The number of nitrogens with zero attached hydrogens (tertiary/aromatic N) is 4. The Bertz CT molecular complexity index is 1220. The first-order valence-corrected chi connectivity index (χ1v) is 12.6. The highest BCUT2D eigenvalue weighted by molar-refractivity contribution is 7.91. The summed E-state index contributed by atoms with van der Waals surface area (Å²) >= 11 is 0. The van der Waals surface area contributed by atoms with Crippen molar-refractivity contribution in [1.29, 1.82) is 0 Å². The third-order valence-electron chi connectivity index (χ3n) is 6.21. The van der Waals surface area contributed by atoms with Gasteiger partial charge in [0.25, 0.3) is 0 Å². The molecule has 1 saturated heterocycles. The lowest BCUT2D eigenvalue weighted by molar-refractivity contribution is 0.461. The molecule has 2 N–H and O–H groups in total. The average molecular weight is 463 g/mol. The van der Waals surface area contributed by atoms with Crippen LogP contribution in [0.3, 0.4) is 0 Å². The Hall–Kier alpha value is -2.82. The van der Waals surface area contributed by atoms with Crippen molar-refractivity contribution in [3.63, 3.8) is 0 Å². The molecule has 2 fully saturated rings. The number of aromatic nitrogens is 4. The van der Waals surface area contributed by atoms with E-state index in [1.165, 1.54) is 6.07 Å². The SMILES string of the molecule is O=S1(=O)CCC(n2c(Nc3c(F)cccc3F)nc3cnc(NC4CCCC4)nc32)CC1. The first-order chi connectivity index (χ1) is 15.4. The van der Waals surface area contributed by atoms with Crippen LogP contribution in [0.15, 0.2) is 24.4 Å². The summed E-state index contributed by atoms with van der Waals surface area (Å²) in [6, 6.07) is 3.70. The number of fused-ring (bicyclic) bond motifs is 1. The van der Waals surface area contributed by atoms with Gasteiger partial charge in [-0.2, -0.15) is 4.98 Å². The zero-order valence-corrected chi connectivity index (χ0v) is 18.2.